The van der Waals surface area contributed by atoms with Gasteiger partial charge in [-0.05, 0) is 6.92 Å². The molecule has 1 N–H and O–H groups in total. The molecule has 9 heavy (non-hydrogen) atoms. The predicted molar refractivity (Wildman–Crippen MR) is 36.8 cm³/mol. The van der Waals surface area contributed by atoms with Crippen LogP contribution in [0.2, 0.25) is 0 Å². The molecule has 0 aromatic rings. The molecule has 1 atom stereocenters. The fraction of sp³-hybridized carbons (Fsp3) is 1.00. The average molecular weight is 149 g/mol. The van der Waals surface area contributed by atoms with Gasteiger partial charge in [0.1, 0.15) is 6.23 Å². The Morgan fingerprint density at radius 1 is 1.78 bits per heavy atom. The van der Waals surface area contributed by atoms with Crippen molar-refractivity contribution >= 4 is 12.0 Å². The Morgan fingerprint density at radius 3 is 2.89 bits per heavy atom. The lowest BCUT2D eigenvalue weighted by molar-refractivity contribution is 0.0181. The van der Waals surface area contributed by atoms with Crippen LogP contribution in [0.3, 0.4) is 0 Å². The Labute approximate surface area is 59.2 Å². The van der Waals surface area contributed by atoms with Crippen LogP contribution in [0.1, 0.15) is 6.92 Å². The van der Waals surface area contributed by atoms with Crippen LogP contribution >= 0.6 is 12.0 Å². The van der Waals surface area contributed by atoms with E-state index in [0.29, 0.717) is 0 Å². The zero-order valence-electron chi connectivity index (χ0n) is 5.41. The van der Waals surface area contributed by atoms with Crippen molar-refractivity contribution in [3.05, 3.63) is 0 Å². The normalized spacial score (nSPS) is 26.0. The Kier molecular flexibility index (Phi) is 2.78. The second kappa shape index (κ2) is 3.41. The van der Waals surface area contributed by atoms with Gasteiger partial charge in [0.15, 0.2) is 0 Å². The van der Waals surface area contributed by atoms with E-state index in [1.54, 1.807) is 6.92 Å². The van der Waals surface area contributed by atoms with Crippen LogP contribution < -0.4 is 0 Å². The molecule has 1 rings (SSSR count). The van der Waals surface area contributed by atoms with Gasteiger partial charge in [-0.15, -0.1) is 0 Å². The Morgan fingerprint density at radius 2 is 2.56 bits per heavy atom. The molecule has 0 radical (unpaired) electrons. The minimum atomic E-state index is -0.332. The molecule has 0 amide bonds. The molecule has 1 aliphatic heterocycles. The molecule has 1 fully saturated rings. The van der Waals surface area contributed by atoms with E-state index >= 15 is 0 Å². The first-order chi connectivity index (χ1) is 4.30. The Balaban J connectivity index is 2.23. The van der Waals surface area contributed by atoms with E-state index in [2.05, 4.69) is 0 Å². The summed E-state index contributed by atoms with van der Waals surface area (Å²) in [6, 6.07) is 0. The fourth-order valence-corrected chi connectivity index (χ4v) is 1.42. The highest BCUT2D eigenvalue weighted by Crippen LogP contribution is 2.12. The largest absolute Gasteiger partial charge is 0.379 e. The topological polar surface area (TPSA) is 32.7 Å². The molecular weight excluding hydrogens is 138 g/mol. The van der Waals surface area contributed by atoms with Gasteiger partial charge in [0.25, 0.3) is 0 Å². The number of aliphatic hydroxyl groups excluding tert-OH is 1. The van der Waals surface area contributed by atoms with Crippen LogP contribution in [0.5, 0.6) is 0 Å². The minimum absolute atomic E-state index is 0.332. The van der Waals surface area contributed by atoms with Crippen LogP contribution in [0.4, 0.5) is 0 Å². The maximum Gasteiger partial charge on any atom is 0.105 e. The third kappa shape index (κ3) is 2.14. The lowest BCUT2D eigenvalue weighted by Gasteiger charge is -2.27. The van der Waals surface area contributed by atoms with Crippen LogP contribution in [-0.2, 0) is 4.18 Å². The molecule has 0 bridgehead atoms. The van der Waals surface area contributed by atoms with Gasteiger partial charge in [-0.1, -0.05) is 0 Å². The van der Waals surface area contributed by atoms with E-state index in [-0.39, 0.29) is 6.23 Å². The first-order valence-electron chi connectivity index (χ1n) is 2.97. The van der Waals surface area contributed by atoms with Crippen molar-refractivity contribution in [3.63, 3.8) is 0 Å². The highest BCUT2D eigenvalue weighted by Gasteiger charge is 2.14. The SMILES string of the molecule is CC(O)N1CCOSC1. The monoisotopic (exact) mass is 149 g/mol. The molecule has 0 spiro atoms. The molecule has 54 valence electrons. The van der Waals surface area contributed by atoms with Crippen molar-refractivity contribution in [2.45, 2.75) is 13.2 Å². The number of aliphatic hydroxyl groups is 1. The quantitative estimate of drug-likeness (QED) is 0.542. The summed E-state index contributed by atoms with van der Waals surface area (Å²) in [6.07, 6.45) is -0.332. The smallest absolute Gasteiger partial charge is 0.105 e. The van der Waals surface area contributed by atoms with Crippen molar-refractivity contribution < 1.29 is 9.29 Å². The van der Waals surface area contributed by atoms with E-state index in [0.717, 1.165) is 19.0 Å². The summed E-state index contributed by atoms with van der Waals surface area (Å²) in [5.74, 6) is 0.775. The summed E-state index contributed by atoms with van der Waals surface area (Å²) in [5.41, 5.74) is 0. The Bertz CT molecular complexity index is 83.0. The van der Waals surface area contributed by atoms with Crippen molar-refractivity contribution in [2.24, 2.45) is 0 Å². The molecular formula is C5H11NO2S. The molecule has 1 unspecified atom stereocenters. The maximum absolute atomic E-state index is 9.03. The van der Waals surface area contributed by atoms with E-state index in [9.17, 15) is 0 Å². The molecule has 0 aliphatic carbocycles. The average Bonchev–Trinajstić information content (AvgIpc) is 1.90. The van der Waals surface area contributed by atoms with Crippen molar-refractivity contribution in [2.75, 3.05) is 19.0 Å². The zero-order chi connectivity index (χ0) is 6.69. The molecule has 1 aliphatic rings. The molecule has 3 nitrogen and oxygen atoms in total. The summed E-state index contributed by atoms with van der Waals surface area (Å²) >= 11 is 1.40. The third-order valence-electron chi connectivity index (χ3n) is 1.29. The number of hydrogen-bond donors (Lipinski definition) is 1. The van der Waals surface area contributed by atoms with Gasteiger partial charge in [0.2, 0.25) is 0 Å². The number of nitrogens with zero attached hydrogens (tertiary/aromatic N) is 1. The summed E-state index contributed by atoms with van der Waals surface area (Å²) in [7, 11) is 0. The third-order valence-corrected chi connectivity index (χ3v) is 2.06. The van der Waals surface area contributed by atoms with E-state index in [1.807, 2.05) is 4.90 Å². The first-order valence-corrected chi connectivity index (χ1v) is 3.88. The van der Waals surface area contributed by atoms with Gasteiger partial charge in [0, 0.05) is 18.6 Å². The summed E-state index contributed by atoms with van der Waals surface area (Å²) in [4.78, 5) is 1.95. The number of hydrogen-bond acceptors (Lipinski definition) is 4. The van der Waals surface area contributed by atoms with Gasteiger partial charge in [-0.2, -0.15) is 0 Å². The molecule has 0 saturated carbocycles. The van der Waals surface area contributed by atoms with E-state index in [1.165, 1.54) is 12.0 Å². The zero-order valence-corrected chi connectivity index (χ0v) is 6.23. The summed E-state index contributed by atoms with van der Waals surface area (Å²) in [6.45, 7) is 3.33. The van der Waals surface area contributed by atoms with E-state index < -0.39 is 0 Å². The molecule has 0 aromatic heterocycles. The van der Waals surface area contributed by atoms with Crippen LogP contribution in [0.25, 0.3) is 0 Å². The molecule has 1 heterocycles. The highest BCUT2D eigenvalue weighted by atomic mass is 32.2. The van der Waals surface area contributed by atoms with Gasteiger partial charge in [-0.25, -0.2) is 0 Å². The summed E-state index contributed by atoms with van der Waals surface area (Å²) < 4.78 is 5.01. The molecule has 1 saturated heterocycles. The Hall–Kier alpha value is 0.230. The van der Waals surface area contributed by atoms with Crippen LogP contribution in [0, 0.1) is 0 Å². The minimum Gasteiger partial charge on any atom is -0.379 e. The second-order valence-electron chi connectivity index (χ2n) is 2.01. The van der Waals surface area contributed by atoms with Gasteiger partial charge in [-0.3, -0.25) is 4.90 Å². The van der Waals surface area contributed by atoms with Gasteiger partial charge >= 0.3 is 0 Å². The van der Waals surface area contributed by atoms with Crippen molar-refractivity contribution in [1.29, 1.82) is 0 Å². The van der Waals surface area contributed by atoms with E-state index in [4.69, 9.17) is 9.29 Å². The highest BCUT2D eigenvalue weighted by molar-refractivity contribution is 7.94. The van der Waals surface area contributed by atoms with Gasteiger partial charge in [0.05, 0.1) is 12.5 Å². The first kappa shape index (κ1) is 7.34. The molecule has 0 aromatic carbocycles. The van der Waals surface area contributed by atoms with Crippen molar-refractivity contribution in [1.82, 2.24) is 4.90 Å². The summed E-state index contributed by atoms with van der Waals surface area (Å²) in [5, 5.41) is 9.03. The van der Waals surface area contributed by atoms with Gasteiger partial charge < -0.3 is 9.29 Å². The second-order valence-corrected chi connectivity index (χ2v) is 2.74. The fourth-order valence-electron chi connectivity index (χ4n) is 0.678. The lowest BCUT2D eigenvalue weighted by Crippen LogP contribution is -2.37. The number of rotatable bonds is 1. The molecule has 4 heteroatoms. The van der Waals surface area contributed by atoms with Crippen LogP contribution in [0.15, 0.2) is 0 Å². The maximum atomic E-state index is 9.03. The lowest BCUT2D eigenvalue weighted by atomic mass is 10.5. The predicted octanol–water partition coefficient (Wildman–Crippen LogP) is 0.263. The standard InChI is InChI=1S/C5H11NO2S/c1-5(7)6-2-3-8-9-4-6/h5,7H,2-4H2,1H3. The van der Waals surface area contributed by atoms with Crippen molar-refractivity contribution in [3.8, 4) is 0 Å². The van der Waals surface area contributed by atoms with Crippen LogP contribution in [-0.4, -0.2) is 35.3 Å².